The molecule has 0 spiro atoms. The van der Waals surface area contributed by atoms with Crippen LogP contribution in [0.1, 0.15) is 18.4 Å². The number of aliphatic hydroxyl groups is 1. The zero-order valence-corrected chi connectivity index (χ0v) is 13.5. The number of halogens is 1. The maximum atomic E-state index is 9.57. The Kier molecular flexibility index (Phi) is 6.29. The maximum Gasteiger partial charge on any atom is 0.0587 e. The predicted octanol–water partition coefficient (Wildman–Crippen LogP) is 2.15. The van der Waals surface area contributed by atoms with Crippen molar-refractivity contribution < 1.29 is 9.84 Å². The SMILES string of the molecule is COCCNCc1ccc(N2CCC(O)CC2)c(Br)c1. The molecule has 4 nitrogen and oxygen atoms in total. The molecule has 1 fully saturated rings. The molecule has 0 saturated carbocycles. The Balaban J connectivity index is 1.92. The van der Waals surface area contributed by atoms with Gasteiger partial charge in [0.2, 0.25) is 0 Å². The topological polar surface area (TPSA) is 44.7 Å². The summed E-state index contributed by atoms with van der Waals surface area (Å²) in [6, 6.07) is 6.49. The van der Waals surface area contributed by atoms with Gasteiger partial charge in [0.05, 0.1) is 18.4 Å². The van der Waals surface area contributed by atoms with Gasteiger partial charge in [0.1, 0.15) is 0 Å². The van der Waals surface area contributed by atoms with E-state index >= 15 is 0 Å². The summed E-state index contributed by atoms with van der Waals surface area (Å²) in [6.45, 7) is 4.28. The summed E-state index contributed by atoms with van der Waals surface area (Å²) in [5.41, 5.74) is 2.48. The number of nitrogens with zero attached hydrogens (tertiary/aromatic N) is 1. The standard InChI is InChI=1S/C15H23BrN2O2/c1-20-9-6-17-11-12-2-3-15(14(16)10-12)18-7-4-13(19)5-8-18/h2-3,10,13,17,19H,4-9,11H2,1H3. The predicted molar refractivity (Wildman–Crippen MR) is 85.2 cm³/mol. The second-order valence-electron chi connectivity index (χ2n) is 5.17. The lowest BCUT2D eigenvalue weighted by Crippen LogP contribution is -2.36. The first-order valence-electron chi connectivity index (χ1n) is 7.12. The summed E-state index contributed by atoms with van der Waals surface area (Å²) in [5.74, 6) is 0. The molecule has 1 aliphatic rings. The molecule has 0 aliphatic carbocycles. The fraction of sp³-hybridized carbons (Fsp3) is 0.600. The summed E-state index contributed by atoms with van der Waals surface area (Å²) in [5, 5.41) is 12.9. The molecule has 0 unspecified atom stereocenters. The van der Waals surface area contributed by atoms with Crippen LogP contribution in [0.25, 0.3) is 0 Å². The van der Waals surface area contributed by atoms with E-state index in [0.717, 1.165) is 50.1 Å². The molecule has 1 aliphatic heterocycles. The average Bonchev–Trinajstić information content (AvgIpc) is 2.45. The van der Waals surface area contributed by atoms with E-state index in [9.17, 15) is 5.11 Å². The van der Waals surface area contributed by atoms with E-state index in [4.69, 9.17) is 4.74 Å². The number of hydrogen-bond donors (Lipinski definition) is 2. The average molecular weight is 343 g/mol. The smallest absolute Gasteiger partial charge is 0.0587 e. The molecule has 112 valence electrons. The van der Waals surface area contributed by atoms with Crippen molar-refractivity contribution in [1.29, 1.82) is 0 Å². The fourth-order valence-electron chi connectivity index (χ4n) is 2.43. The van der Waals surface area contributed by atoms with Gasteiger partial charge in [0.15, 0.2) is 0 Å². The molecule has 0 amide bonds. The number of anilines is 1. The summed E-state index contributed by atoms with van der Waals surface area (Å²) in [4.78, 5) is 2.33. The molecular weight excluding hydrogens is 320 g/mol. The molecule has 0 aromatic heterocycles. The third-order valence-corrected chi connectivity index (χ3v) is 4.26. The molecule has 0 bridgehead atoms. The van der Waals surface area contributed by atoms with Crippen LogP contribution >= 0.6 is 15.9 Å². The Morgan fingerprint density at radius 2 is 2.15 bits per heavy atom. The van der Waals surface area contributed by atoms with Crippen LogP contribution in [0, 0.1) is 0 Å². The van der Waals surface area contributed by atoms with Gasteiger partial charge >= 0.3 is 0 Å². The second kappa shape index (κ2) is 7.98. The monoisotopic (exact) mass is 342 g/mol. The maximum absolute atomic E-state index is 9.57. The minimum atomic E-state index is -0.130. The van der Waals surface area contributed by atoms with Crippen LogP contribution in [0.2, 0.25) is 0 Å². The number of aliphatic hydroxyl groups excluding tert-OH is 1. The number of piperidine rings is 1. The van der Waals surface area contributed by atoms with Crippen molar-refractivity contribution in [2.24, 2.45) is 0 Å². The number of hydrogen-bond acceptors (Lipinski definition) is 4. The molecule has 0 atom stereocenters. The molecule has 1 aromatic carbocycles. The van der Waals surface area contributed by atoms with Crippen LogP contribution < -0.4 is 10.2 Å². The zero-order valence-electron chi connectivity index (χ0n) is 11.9. The molecule has 0 radical (unpaired) electrons. The summed E-state index contributed by atoms with van der Waals surface area (Å²) < 4.78 is 6.14. The minimum absolute atomic E-state index is 0.130. The van der Waals surface area contributed by atoms with Gasteiger partial charge in [-0.1, -0.05) is 6.07 Å². The highest BCUT2D eigenvalue weighted by Gasteiger charge is 2.18. The number of nitrogens with one attached hydrogen (secondary N) is 1. The molecule has 2 rings (SSSR count). The lowest BCUT2D eigenvalue weighted by atomic mass is 10.1. The lowest BCUT2D eigenvalue weighted by molar-refractivity contribution is 0.145. The van der Waals surface area contributed by atoms with Crippen molar-refractivity contribution in [2.45, 2.75) is 25.5 Å². The van der Waals surface area contributed by atoms with Gasteiger partial charge in [-0.2, -0.15) is 0 Å². The normalized spacial score (nSPS) is 16.6. The first-order chi connectivity index (χ1) is 9.70. The Morgan fingerprint density at radius 3 is 2.80 bits per heavy atom. The van der Waals surface area contributed by atoms with Crippen molar-refractivity contribution in [3.05, 3.63) is 28.2 Å². The third kappa shape index (κ3) is 4.45. The first kappa shape index (κ1) is 15.8. The van der Waals surface area contributed by atoms with Crippen molar-refractivity contribution in [1.82, 2.24) is 5.32 Å². The second-order valence-corrected chi connectivity index (χ2v) is 6.03. The van der Waals surface area contributed by atoms with Crippen LogP contribution in [0.3, 0.4) is 0 Å². The van der Waals surface area contributed by atoms with Crippen LogP contribution in [0.5, 0.6) is 0 Å². The molecule has 2 N–H and O–H groups in total. The Bertz CT molecular complexity index is 420. The van der Waals surface area contributed by atoms with Crippen molar-refractivity contribution >= 4 is 21.6 Å². The molecular formula is C15H23BrN2O2. The van der Waals surface area contributed by atoms with E-state index < -0.39 is 0 Å². The van der Waals surface area contributed by atoms with Gasteiger partial charge in [-0.05, 0) is 46.5 Å². The van der Waals surface area contributed by atoms with Gasteiger partial charge in [-0.25, -0.2) is 0 Å². The van der Waals surface area contributed by atoms with Crippen LogP contribution in [0.15, 0.2) is 22.7 Å². The van der Waals surface area contributed by atoms with Crippen molar-refractivity contribution in [3.63, 3.8) is 0 Å². The van der Waals surface area contributed by atoms with Crippen molar-refractivity contribution in [2.75, 3.05) is 38.3 Å². The Morgan fingerprint density at radius 1 is 1.40 bits per heavy atom. The molecule has 1 heterocycles. The molecule has 1 aromatic rings. The fourth-order valence-corrected chi connectivity index (χ4v) is 3.11. The van der Waals surface area contributed by atoms with E-state index in [-0.39, 0.29) is 6.10 Å². The number of rotatable bonds is 6. The van der Waals surface area contributed by atoms with Gasteiger partial charge in [0, 0.05) is 37.8 Å². The lowest BCUT2D eigenvalue weighted by Gasteiger charge is -2.32. The quantitative estimate of drug-likeness (QED) is 0.777. The van der Waals surface area contributed by atoms with Gasteiger partial charge < -0.3 is 20.1 Å². The van der Waals surface area contributed by atoms with Gasteiger partial charge in [-0.15, -0.1) is 0 Å². The highest BCUT2D eigenvalue weighted by atomic mass is 79.9. The highest BCUT2D eigenvalue weighted by Crippen LogP contribution is 2.29. The Hall–Kier alpha value is -0.620. The molecule has 1 saturated heterocycles. The number of ether oxygens (including phenoxy) is 1. The minimum Gasteiger partial charge on any atom is -0.393 e. The van der Waals surface area contributed by atoms with Crippen LogP contribution in [-0.2, 0) is 11.3 Å². The molecule has 20 heavy (non-hydrogen) atoms. The van der Waals surface area contributed by atoms with Gasteiger partial charge in [0.25, 0.3) is 0 Å². The Labute approximate surface area is 129 Å². The van der Waals surface area contributed by atoms with E-state index in [1.165, 1.54) is 11.3 Å². The van der Waals surface area contributed by atoms with Crippen LogP contribution in [0.4, 0.5) is 5.69 Å². The number of benzene rings is 1. The van der Waals surface area contributed by atoms with Gasteiger partial charge in [-0.3, -0.25) is 0 Å². The zero-order chi connectivity index (χ0) is 14.4. The summed E-state index contributed by atoms with van der Waals surface area (Å²) in [7, 11) is 1.71. The van der Waals surface area contributed by atoms with Crippen molar-refractivity contribution in [3.8, 4) is 0 Å². The third-order valence-electron chi connectivity index (χ3n) is 3.63. The number of methoxy groups -OCH3 is 1. The van der Waals surface area contributed by atoms with E-state index in [0.29, 0.717) is 0 Å². The van der Waals surface area contributed by atoms with E-state index in [1.54, 1.807) is 7.11 Å². The van der Waals surface area contributed by atoms with E-state index in [2.05, 4.69) is 44.3 Å². The summed E-state index contributed by atoms with van der Waals surface area (Å²) in [6.07, 6.45) is 1.58. The van der Waals surface area contributed by atoms with E-state index in [1.807, 2.05) is 0 Å². The summed E-state index contributed by atoms with van der Waals surface area (Å²) >= 11 is 3.66. The largest absolute Gasteiger partial charge is 0.393 e. The van der Waals surface area contributed by atoms with Crippen LogP contribution in [-0.4, -0.2) is 44.6 Å². The first-order valence-corrected chi connectivity index (χ1v) is 7.91. The highest BCUT2D eigenvalue weighted by molar-refractivity contribution is 9.10. The molecule has 5 heteroatoms.